The Bertz CT molecular complexity index is 517. The highest BCUT2D eigenvalue weighted by Gasteiger charge is 2.36. The van der Waals surface area contributed by atoms with Crippen LogP contribution in [0.5, 0.6) is 0 Å². The minimum Gasteiger partial charge on any atom is -0.480 e. The molecular formula is C11H10BrF2NO3. The highest BCUT2D eigenvalue weighted by atomic mass is 79.9. The molecule has 1 aromatic carbocycles. The molecule has 0 aliphatic rings. The van der Waals surface area contributed by atoms with Crippen LogP contribution in [0, 0.1) is 17.0 Å². The Hall–Kier alpha value is -1.50. The number of benzene rings is 1. The van der Waals surface area contributed by atoms with Gasteiger partial charge >= 0.3 is 5.97 Å². The fourth-order valence-electron chi connectivity index (χ4n) is 0.994. The number of carboxylic acids is 1. The predicted molar refractivity (Wildman–Crippen MR) is 64.1 cm³/mol. The summed E-state index contributed by atoms with van der Waals surface area (Å²) in [5.74, 6) is -4.04. The second-order valence-corrected chi connectivity index (χ2v) is 4.98. The van der Waals surface area contributed by atoms with Crippen LogP contribution in [0.4, 0.5) is 14.5 Å². The van der Waals surface area contributed by atoms with Crippen molar-refractivity contribution in [2.75, 3.05) is 5.32 Å². The van der Waals surface area contributed by atoms with Crippen LogP contribution in [0.25, 0.3) is 0 Å². The Balaban J connectivity index is 3.03. The van der Waals surface area contributed by atoms with Gasteiger partial charge in [0.15, 0.2) is 0 Å². The number of hydrogen-bond acceptors (Lipinski definition) is 2. The summed E-state index contributed by atoms with van der Waals surface area (Å²) < 4.78 is 26.3. The summed E-state index contributed by atoms with van der Waals surface area (Å²) in [5.41, 5.74) is -2.00. The van der Waals surface area contributed by atoms with Crippen molar-refractivity contribution in [2.24, 2.45) is 5.41 Å². The second-order valence-electron chi connectivity index (χ2n) is 4.13. The van der Waals surface area contributed by atoms with Crippen molar-refractivity contribution < 1.29 is 23.5 Å². The molecule has 0 spiro atoms. The van der Waals surface area contributed by atoms with Crippen LogP contribution in [0.1, 0.15) is 13.8 Å². The second kappa shape index (κ2) is 5.01. The van der Waals surface area contributed by atoms with Crippen LogP contribution in [-0.4, -0.2) is 17.0 Å². The van der Waals surface area contributed by atoms with Crippen molar-refractivity contribution in [3.8, 4) is 0 Å². The lowest BCUT2D eigenvalue weighted by Gasteiger charge is -2.18. The minimum atomic E-state index is -1.71. The zero-order valence-electron chi connectivity index (χ0n) is 9.55. The molecule has 1 rings (SSSR count). The number of aliphatic carboxylic acids is 1. The normalized spacial score (nSPS) is 11.2. The first-order chi connectivity index (χ1) is 8.16. The van der Waals surface area contributed by atoms with E-state index in [-0.39, 0.29) is 10.2 Å². The number of hydrogen-bond donors (Lipinski definition) is 2. The highest BCUT2D eigenvalue weighted by Crippen LogP contribution is 2.26. The molecule has 0 heterocycles. The van der Waals surface area contributed by atoms with Crippen molar-refractivity contribution in [2.45, 2.75) is 13.8 Å². The fourth-order valence-corrected chi connectivity index (χ4v) is 1.34. The molecule has 0 aliphatic heterocycles. The molecule has 18 heavy (non-hydrogen) atoms. The topological polar surface area (TPSA) is 66.4 Å². The van der Waals surface area contributed by atoms with Gasteiger partial charge in [0.1, 0.15) is 17.0 Å². The van der Waals surface area contributed by atoms with Gasteiger partial charge in [-0.1, -0.05) is 0 Å². The van der Waals surface area contributed by atoms with Gasteiger partial charge in [0.05, 0.1) is 10.2 Å². The first kappa shape index (κ1) is 14.6. The summed E-state index contributed by atoms with van der Waals surface area (Å²) in [6.45, 7) is 2.36. The lowest BCUT2D eigenvalue weighted by molar-refractivity contribution is -0.151. The zero-order valence-corrected chi connectivity index (χ0v) is 11.1. The maximum absolute atomic E-state index is 13.4. The number of amides is 1. The molecule has 0 atom stereocenters. The van der Waals surface area contributed by atoms with Crippen LogP contribution in [0.15, 0.2) is 16.6 Å². The monoisotopic (exact) mass is 321 g/mol. The van der Waals surface area contributed by atoms with Gasteiger partial charge in [0.25, 0.3) is 0 Å². The molecule has 0 unspecified atom stereocenters. The third kappa shape index (κ3) is 2.84. The molecular weight excluding hydrogens is 312 g/mol. The fraction of sp³-hybridized carbons (Fsp3) is 0.273. The molecule has 0 bridgehead atoms. The molecule has 0 radical (unpaired) electrons. The molecule has 0 saturated carbocycles. The molecule has 0 aromatic heterocycles. The highest BCUT2D eigenvalue weighted by molar-refractivity contribution is 9.10. The number of carbonyl (C=O) groups is 2. The third-order valence-corrected chi connectivity index (χ3v) is 2.97. The van der Waals surface area contributed by atoms with Crippen LogP contribution < -0.4 is 5.32 Å². The number of rotatable bonds is 3. The van der Waals surface area contributed by atoms with E-state index in [1.165, 1.54) is 13.8 Å². The maximum Gasteiger partial charge on any atom is 0.318 e. The predicted octanol–water partition coefficient (Wildman–Crippen LogP) is 2.78. The van der Waals surface area contributed by atoms with Crippen LogP contribution in [0.2, 0.25) is 0 Å². The van der Waals surface area contributed by atoms with E-state index < -0.39 is 28.9 Å². The Morgan fingerprint density at radius 2 is 1.83 bits per heavy atom. The number of anilines is 1. The Morgan fingerprint density at radius 1 is 1.28 bits per heavy atom. The SMILES string of the molecule is CC(C)(C(=O)O)C(=O)Nc1cc(Br)c(F)cc1F. The summed E-state index contributed by atoms with van der Waals surface area (Å²) in [4.78, 5) is 22.5. The van der Waals surface area contributed by atoms with E-state index >= 15 is 0 Å². The molecule has 98 valence electrons. The molecule has 0 fully saturated rings. The van der Waals surface area contributed by atoms with Crippen molar-refractivity contribution >= 4 is 33.5 Å². The van der Waals surface area contributed by atoms with Gasteiger partial charge in [-0.25, -0.2) is 8.78 Å². The zero-order chi connectivity index (χ0) is 14.1. The number of carbonyl (C=O) groups excluding carboxylic acids is 1. The summed E-state index contributed by atoms with van der Waals surface area (Å²) in [6.07, 6.45) is 0. The van der Waals surface area contributed by atoms with E-state index in [0.29, 0.717) is 6.07 Å². The average molecular weight is 322 g/mol. The van der Waals surface area contributed by atoms with E-state index in [4.69, 9.17) is 5.11 Å². The van der Waals surface area contributed by atoms with Crippen molar-refractivity contribution in [1.82, 2.24) is 0 Å². The number of carboxylic acid groups (broad SMARTS) is 1. The van der Waals surface area contributed by atoms with E-state index in [1.54, 1.807) is 0 Å². The van der Waals surface area contributed by atoms with Gasteiger partial charge < -0.3 is 10.4 Å². The van der Waals surface area contributed by atoms with Gasteiger partial charge in [-0.05, 0) is 35.8 Å². The molecule has 7 heteroatoms. The summed E-state index contributed by atoms with van der Waals surface area (Å²) in [5, 5.41) is 10.9. The molecule has 1 aromatic rings. The first-order valence-electron chi connectivity index (χ1n) is 4.85. The van der Waals surface area contributed by atoms with E-state index in [0.717, 1.165) is 6.07 Å². The van der Waals surface area contributed by atoms with E-state index in [1.807, 2.05) is 0 Å². The van der Waals surface area contributed by atoms with Crippen LogP contribution in [0.3, 0.4) is 0 Å². The van der Waals surface area contributed by atoms with Gasteiger partial charge in [-0.15, -0.1) is 0 Å². The molecule has 4 nitrogen and oxygen atoms in total. The third-order valence-electron chi connectivity index (χ3n) is 2.36. The molecule has 0 saturated heterocycles. The van der Waals surface area contributed by atoms with Gasteiger partial charge in [0.2, 0.25) is 5.91 Å². The molecule has 2 N–H and O–H groups in total. The smallest absolute Gasteiger partial charge is 0.318 e. The van der Waals surface area contributed by atoms with Crippen molar-refractivity contribution in [3.63, 3.8) is 0 Å². The quantitative estimate of drug-likeness (QED) is 0.664. The van der Waals surface area contributed by atoms with Gasteiger partial charge in [-0.3, -0.25) is 9.59 Å². The standard InChI is InChI=1S/C11H10BrF2NO3/c1-11(2,10(17)18)9(16)15-8-3-5(12)6(13)4-7(8)14/h3-4H,1-2H3,(H,15,16)(H,17,18). The van der Waals surface area contributed by atoms with Crippen molar-refractivity contribution in [1.29, 1.82) is 0 Å². The number of halogens is 3. The lowest BCUT2D eigenvalue weighted by atomic mass is 9.92. The molecule has 0 aliphatic carbocycles. The van der Waals surface area contributed by atoms with E-state index in [9.17, 15) is 18.4 Å². The van der Waals surface area contributed by atoms with Gasteiger partial charge in [0, 0.05) is 6.07 Å². The lowest BCUT2D eigenvalue weighted by Crippen LogP contribution is -2.38. The van der Waals surface area contributed by atoms with Crippen LogP contribution in [-0.2, 0) is 9.59 Å². The Kier molecular flexibility index (Phi) is 4.05. The van der Waals surface area contributed by atoms with Gasteiger partial charge in [-0.2, -0.15) is 0 Å². The summed E-state index contributed by atoms with van der Waals surface area (Å²) in [7, 11) is 0. The van der Waals surface area contributed by atoms with E-state index in [2.05, 4.69) is 21.2 Å². The maximum atomic E-state index is 13.4. The average Bonchev–Trinajstić information content (AvgIpc) is 2.25. The number of nitrogens with one attached hydrogen (secondary N) is 1. The van der Waals surface area contributed by atoms with Crippen LogP contribution >= 0.6 is 15.9 Å². The largest absolute Gasteiger partial charge is 0.480 e. The summed E-state index contributed by atoms with van der Waals surface area (Å²) in [6, 6.07) is 1.62. The Morgan fingerprint density at radius 3 is 2.33 bits per heavy atom. The summed E-state index contributed by atoms with van der Waals surface area (Å²) >= 11 is 2.84. The Labute approximate surface area is 110 Å². The molecule has 1 amide bonds. The minimum absolute atomic E-state index is 0.0349. The first-order valence-corrected chi connectivity index (χ1v) is 5.65. The van der Waals surface area contributed by atoms with Crippen molar-refractivity contribution in [3.05, 3.63) is 28.2 Å².